The van der Waals surface area contributed by atoms with Crippen molar-refractivity contribution in [3.05, 3.63) is 29.3 Å². The van der Waals surface area contributed by atoms with Gasteiger partial charge < -0.3 is 9.47 Å². The molecule has 0 amide bonds. The number of hydrogen-bond acceptors (Lipinski definition) is 4. The summed E-state index contributed by atoms with van der Waals surface area (Å²) in [5, 5.41) is 0.418. The van der Waals surface area contributed by atoms with E-state index in [1.165, 1.54) is 6.07 Å². The molecule has 4 nitrogen and oxygen atoms in total. The van der Waals surface area contributed by atoms with E-state index in [1.807, 2.05) is 0 Å². The van der Waals surface area contributed by atoms with Crippen LogP contribution >= 0.6 is 11.6 Å². The molecule has 1 aliphatic heterocycles. The number of benzene rings is 1. The van der Waals surface area contributed by atoms with E-state index in [0.717, 1.165) is 6.42 Å². The Hall–Kier alpha value is -0.620. The summed E-state index contributed by atoms with van der Waals surface area (Å²) < 4.78 is 34.8. The van der Waals surface area contributed by atoms with Gasteiger partial charge >= 0.3 is 0 Å². The maximum atomic E-state index is 12.1. The summed E-state index contributed by atoms with van der Waals surface area (Å²) >= 11 is 5.79. The fourth-order valence-corrected chi connectivity index (χ4v) is 3.32. The van der Waals surface area contributed by atoms with Gasteiger partial charge in [-0.15, -0.1) is 0 Å². The van der Waals surface area contributed by atoms with Crippen LogP contribution in [-0.4, -0.2) is 33.7 Å². The second kappa shape index (κ2) is 6.02. The number of halogens is 1. The Morgan fingerprint density at radius 3 is 2.67 bits per heavy atom. The number of rotatable bonds is 4. The first-order valence-electron chi connectivity index (χ1n) is 5.79. The minimum Gasteiger partial charge on any atom is -0.353 e. The first-order valence-corrected chi connectivity index (χ1v) is 7.82. The Kier molecular flexibility index (Phi) is 4.61. The Bertz CT molecular complexity index is 495. The molecular weight excluding hydrogens is 276 g/mol. The summed E-state index contributed by atoms with van der Waals surface area (Å²) in [5.41, 5.74) is 0. The molecule has 1 saturated heterocycles. The van der Waals surface area contributed by atoms with Crippen LogP contribution in [0.5, 0.6) is 0 Å². The maximum absolute atomic E-state index is 12.1. The summed E-state index contributed by atoms with van der Waals surface area (Å²) in [5.74, 6) is -0.00198. The molecule has 0 unspecified atom stereocenters. The van der Waals surface area contributed by atoms with Gasteiger partial charge in [0.2, 0.25) is 0 Å². The summed E-state index contributed by atoms with van der Waals surface area (Å²) in [7, 11) is -3.33. The van der Waals surface area contributed by atoms with E-state index < -0.39 is 16.1 Å². The highest BCUT2D eigenvalue weighted by molar-refractivity contribution is 7.91. The molecule has 1 aliphatic rings. The van der Waals surface area contributed by atoms with Crippen LogP contribution in [0.15, 0.2) is 29.2 Å². The van der Waals surface area contributed by atoms with Crippen molar-refractivity contribution in [2.75, 3.05) is 19.0 Å². The van der Waals surface area contributed by atoms with Gasteiger partial charge in [0.1, 0.15) is 0 Å². The van der Waals surface area contributed by atoms with E-state index in [2.05, 4.69) is 0 Å². The predicted octanol–water partition coefficient (Wildman–Crippen LogP) is 2.27. The molecule has 0 aromatic heterocycles. The highest BCUT2D eigenvalue weighted by Gasteiger charge is 2.20. The topological polar surface area (TPSA) is 52.6 Å². The van der Waals surface area contributed by atoms with E-state index >= 15 is 0 Å². The molecule has 1 aromatic carbocycles. The zero-order chi connectivity index (χ0) is 13.0. The molecule has 0 atom stereocenters. The third-order valence-electron chi connectivity index (χ3n) is 2.67. The van der Waals surface area contributed by atoms with Gasteiger partial charge in [-0.1, -0.05) is 17.7 Å². The first kappa shape index (κ1) is 13.8. The van der Waals surface area contributed by atoms with Crippen molar-refractivity contribution in [2.45, 2.75) is 24.0 Å². The largest absolute Gasteiger partial charge is 0.353 e. The molecule has 1 aromatic rings. The van der Waals surface area contributed by atoms with Gasteiger partial charge in [0.05, 0.1) is 23.9 Å². The smallest absolute Gasteiger partial charge is 0.178 e. The van der Waals surface area contributed by atoms with Crippen LogP contribution in [0.4, 0.5) is 0 Å². The van der Waals surface area contributed by atoms with Gasteiger partial charge in [-0.2, -0.15) is 0 Å². The lowest BCUT2D eigenvalue weighted by Crippen LogP contribution is -2.27. The van der Waals surface area contributed by atoms with Crippen molar-refractivity contribution in [3.8, 4) is 0 Å². The molecule has 0 aliphatic carbocycles. The Labute approximate surface area is 112 Å². The van der Waals surface area contributed by atoms with Gasteiger partial charge in [0, 0.05) is 11.4 Å². The van der Waals surface area contributed by atoms with Crippen molar-refractivity contribution < 1.29 is 17.9 Å². The average Bonchev–Trinajstić information content (AvgIpc) is 2.38. The van der Waals surface area contributed by atoms with Crippen LogP contribution in [0.1, 0.15) is 12.8 Å². The Morgan fingerprint density at radius 2 is 2.00 bits per heavy atom. The molecule has 6 heteroatoms. The minimum atomic E-state index is -3.33. The van der Waals surface area contributed by atoms with E-state index in [9.17, 15) is 8.42 Å². The van der Waals surface area contributed by atoms with Crippen molar-refractivity contribution >= 4 is 21.4 Å². The highest BCUT2D eigenvalue weighted by atomic mass is 35.5. The molecule has 100 valence electrons. The normalized spacial score (nSPS) is 17.8. The quantitative estimate of drug-likeness (QED) is 0.853. The Balaban J connectivity index is 1.98. The van der Waals surface area contributed by atoms with E-state index in [0.29, 0.717) is 24.7 Å². The summed E-state index contributed by atoms with van der Waals surface area (Å²) in [6.45, 7) is 1.25. The third-order valence-corrected chi connectivity index (χ3v) is 4.65. The van der Waals surface area contributed by atoms with E-state index in [-0.39, 0.29) is 10.6 Å². The molecular formula is C12H15ClO4S. The summed E-state index contributed by atoms with van der Waals surface area (Å²) in [4.78, 5) is 0.241. The van der Waals surface area contributed by atoms with Crippen molar-refractivity contribution in [3.63, 3.8) is 0 Å². The second-order valence-electron chi connectivity index (χ2n) is 4.09. The third kappa shape index (κ3) is 3.68. The maximum Gasteiger partial charge on any atom is 0.178 e. The van der Waals surface area contributed by atoms with Crippen molar-refractivity contribution in [2.24, 2.45) is 0 Å². The fourth-order valence-electron chi connectivity index (χ4n) is 1.73. The Morgan fingerprint density at radius 1 is 1.28 bits per heavy atom. The summed E-state index contributed by atoms with van der Waals surface area (Å²) in [6.07, 6.45) is 0.791. The molecule has 2 rings (SSSR count). The molecule has 0 N–H and O–H groups in total. The van der Waals surface area contributed by atoms with Crippen LogP contribution in [0.25, 0.3) is 0 Å². The predicted molar refractivity (Wildman–Crippen MR) is 68.4 cm³/mol. The highest BCUT2D eigenvalue weighted by Crippen LogP contribution is 2.19. The van der Waals surface area contributed by atoms with Crippen LogP contribution in [0, 0.1) is 0 Å². The van der Waals surface area contributed by atoms with Crippen LogP contribution < -0.4 is 0 Å². The lowest BCUT2D eigenvalue weighted by Gasteiger charge is -2.22. The van der Waals surface area contributed by atoms with Gasteiger partial charge in [-0.05, 0) is 24.6 Å². The van der Waals surface area contributed by atoms with Gasteiger partial charge in [0.25, 0.3) is 0 Å². The number of hydrogen-bond donors (Lipinski definition) is 0. The first-order chi connectivity index (χ1) is 8.58. The zero-order valence-electron chi connectivity index (χ0n) is 9.84. The van der Waals surface area contributed by atoms with E-state index in [1.54, 1.807) is 18.2 Å². The molecule has 0 bridgehead atoms. The molecule has 0 radical (unpaired) electrons. The average molecular weight is 291 g/mol. The minimum absolute atomic E-state index is 0.00198. The van der Waals surface area contributed by atoms with Crippen LogP contribution in [0.2, 0.25) is 5.02 Å². The molecule has 0 spiro atoms. The molecule has 0 saturated carbocycles. The SMILES string of the molecule is O=S(=O)(CCC1OCCCO1)c1cccc(Cl)c1. The van der Waals surface area contributed by atoms with E-state index in [4.69, 9.17) is 21.1 Å². The molecule has 18 heavy (non-hydrogen) atoms. The molecule has 1 fully saturated rings. The standard InChI is InChI=1S/C12H15ClO4S/c13-10-3-1-4-11(9-10)18(14,15)8-5-12-16-6-2-7-17-12/h1,3-4,9,12H,2,5-8H2. The lowest BCUT2D eigenvalue weighted by molar-refractivity contribution is -0.178. The summed E-state index contributed by atoms with van der Waals surface area (Å²) in [6, 6.07) is 6.28. The van der Waals surface area contributed by atoms with Crippen LogP contribution in [0.3, 0.4) is 0 Å². The second-order valence-corrected chi connectivity index (χ2v) is 6.64. The van der Waals surface area contributed by atoms with Gasteiger partial charge in [-0.25, -0.2) is 8.42 Å². The number of sulfone groups is 1. The van der Waals surface area contributed by atoms with Crippen LogP contribution in [-0.2, 0) is 19.3 Å². The van der Waals surface area contributed by atoms with Gasteiger partial charge in [-0.3, -0.25) is 0 Å². The number of ether oxygens (including phenoxy) is 2. The van der Waals surface area contributed by atoms with Gasteiger partial charge in [0.15, 0.2) is 16.1 Å². The molecule has 1 heterocycles. The lowest BCUT2D eigenvalue weighted by atomic mass is 10.4. The zero-order valence-corrected chi connectivity index (χ0v) is 11.4. The monoisotopic (exact) mass is 290 g/mol. The van der Waals surface area contributed by atoms with Crippen molar-refractivity contribution in [1.82, 2.24) is 0 Å². The van der Waals surface area contributed by atoms with Crippen molar-refractivity contribution in [1.29, 1.82) is 0 Å². The fraction of sp³-hybridized carbons (Fsp3) is 0.500.